The highest BCUT2D eigenvalue weighted by molar-refractivity contribution is 6.51. The van der Waals surface area contributed by atoms with E-state index >= 15 is 0 Å². The van der Waals surface area contributed by atoms with Gasteiger partial charge in [0.2, 0.25) is 0 Å². The number of ketones is 1. The van der Waals surface area contributed by atoms with E-state index in [-0.39, 0.29) is 28.7 Å². The molecule has 6 nitrogen and oxygen atoms in total. The zero-order valence-corrected chi connectivity index (χ0v) is 18.1. The maximum Gasteiger partial charge on any atom is 0.300 e. The minimum atomic E-state index is -1.26. The Morgan fingerprint density at radius 2 is 1.85 bits per heavy atom. The van der Waals surface area contributed by atoms with Crippen molar-refractivity contribution >= 4 is 23.1 Å². The van der Waals surface area contributed by atoms with Crippen LogP contribution in [-0.4, -0.2) is 22.9 Å². The smallest absolute Gasteiger partial charge is 0.300 e. The van der Waals surface area contributed by atoms with Crippen molar-refractivity contribution < 1.29 is 32.6 Å². The molecule has 1 saturated heterocycles. The van der Waals surface area contributed by atoms with Gasteiger partial charge in [0.15, 0.2) is 0 Å². The average Bonchev–Trinajstić information content (AvgIpc) is 3.29. The van der Waals surface area contributed by atoms with Gasteiger partial charge >= 0.3 is 0 Å². The Morgan fingerprint density at radius 3 is 2.48 bits per heavy atom. The number of hydrogen-bond donors (Lipinski definition) is 1. The lowest BCUT2D eigenvalue weighted by molar-refractivity contribution is -0.132. The summed E-state index contributed by atoms with van der Waals surface area (Å²) in [5, 5.41) is 11.1. The van der Waals surface area contributed by atoms with E-state index < -0.39 is 35.1 Å². The van der Waals surface area contributed by atoms with Crippen LogP contribution in [0.1, 0.15) is 37.0 Å². The van der Waals surface area contributed by atoms with E-state index in [4.69, 9.17) is 9.15 Å². The molecule has 0 saturated carbocycles. The van der Waals surface area contributed by atoms with Gasteiger partial charge in [-0.15, -0.1) is 0 Å². The quantitative estimate of drug-likeness (QED) is 0.323. The number of aryl methyl sites for hydroxylation is 1. The molecule has 1 amide bonds. The molecule has 1 atom stereocenters. The monoisotopic (exact) mass is 453 g/mol. The lowest BCUT2D eigenvalue weighted by atomic mass is 9.99. The van der Waals surface area contributed by atoms with Crippen LogP contribution in [0.3, 0.4) is 0 Å². The van der Waals surface area contributed by atoms with Gasteiger partial charge in [-0.25, -0.2) is 8.78 Å². The molecule has 4 rings (SSSR count). The second-order valence-electron chi connectivity index (χ2n) is 7.91. The first-order chi connectivity index (χ1) is 15.7. The maximum atomic E-state index is 14.7. The Labute approximate surface area is 188 Å². The van der Waals surface area contributed by atoms with Crippen LogP contribution in [0.2, 0.25) is 0 Å². The van der Waals surface area contributed by atoms with Gasteiger partial charge in [0.25, 0.3) is 11.7 Å². The van der Waals surface area contributed by atoms with Crippen LogP contribution in [0.25, 0.3) is 5.76 Å². The number of benzene rings is 2. The highest BCUT2D eigenvalue weighted by atomic mass is 19.1. The molecule has 1 aliphatic rings. The Bertz CT molecular complexity index is 1280. The summed E-state index contributed by atoms with van der Waals surface area (Å²) in [5.41, 5.74) is -0.354. The molecule has 8 heteroatoms. The summed E-state index contributed by atoms with van der Waals surface area (Å²) in [5.74, 6) is -3.34. The van der Waals surface area contributed by atoms with Crippen LogP contribution >= 0.6 is 0 Å². The lowest BCUT2D eigenvalue weighted by Gasteiger charge is -2.23. The highest BCUT2D eigenvalue weighted by Gasteiger charge is 2.49. The number of hydrogen-bond acceptors (Lipinski definition) is 5. The number of aliphatic hydroxyl groups excluding tert-OH is 1. The Kier molecular flexibility index (Phi) is 5.76. The largest absolute Gasteiger partial charge is 0.507 e. The molecule has 1 aliphatic heterocycles. The van der Waals surface area contributed by atoms with Crippen molar-refractivity contribution in [2.45, 2.75) is 32.9 Å². The normalized spacial score (nSPS) is 17.8. The summed E-state index contributed by atoms with van der Waals surface area (Å²) < 4.78 is 39.5. The predicted molar refractivity (Wildman–Crippen MR) is 117 cm³/mol. The number of amides is 1. The number of furan rings is 1. The van der Waals surface area contributed by atoms with Crippen molar-refractivity contribution in [2.75, 3.05) is 4.90 Å². The summed E-state index contributed by atoms with van der Waals surface area (Å²) >= 11 is 0. The number of halogens is 2. The molecule has 0 aliphatic carbocycles. The van der Waals surface area contributed by atoms with Crippen molar-refractivity contribution in [3.63, 3.8) is 0 Å². The third-order valence-corrected chi connectivity index (χ3v) is 5.12. The van der Waals surface area contributed by atoms with Crippen LogP contribution < -0.4 is 9.64 Å². The third-order valence-electron chi connectivity index (χ3n) is 5.12. The molecule has 170 valence electrons. The number of anilines is 1. The van der Waals surface area contributed by atoms with E-state index in [1.165, 1.54) is 12.1 Å². The minimum Gasteiger partial charge on any atom is -0.507 e. The molecule has 33 heavy (non-hydrogen) atoms. The molecule has 3 aromatic rings. The van der Waals surface area contributed by atoms with Gasteiger partial charge < -0.3 is 14.3 Å². The molecule has 2 aromatic carbocycles. The number of Topliss-reactive ketones (excluding diaryl/α,β-unsaturated/α-hetero) is 1. The van der Waals surface area contributed by atoms with E-state index in [2.05, 4.69) is 0 Å². The van der Waals surface area contributed by atoms with Gasteiger partial charge in [0.1, 0.15) is 40.7 Å². The summed E-state index contributed by atoms with van der Waals surface area (Å²) in [4.78, 5) is 26.9. The molecule has 1 unspecified atom stereocenters. The Hall–Kier alpha value is -3.94. The molecule has 0 spiro atoms. The van der Waals surface area contributed by atoms with Crippen LogP contribution in [0, 0.1) is 18.6 Å². The standard InChI is InChI=1S/C25H21F2NO5/c1-13(2)32-17-6-4-5-15(11-17)23(29)21-22(20-10-7-14(3)33-20)28(25(31)24(21)30)19-9-8-16(26)12-18(19)27/h4-13,22,29H,1-3H3/b23-21-. The number of aliphatic hydroxyl groups is 1. The molecule has 0 radical (unpaired) electrons. The second-order valence-corrected chi connectivity index (χ2v) is 7.91. The van der Waals surface area contributed by atoms with Gasteiger partial charge in [-0.05, 0) is 57.2 Å². The van der Waals surface area contributed by atoms with Crippen molar-refractivity contribution in [1.29, 1.82) is 0 Å². The maximum absolute atomic E-state index is 14.7. The van der Waals surface area contributed by atoms with Gasteiger partial charge in [-0.2, -0.15) is 0 Å². The molecular weight excluding hydrogens is 432 g/mol. The SMILES string of the molecule is Cc1ccc(C2/C(=C(/O)c3cccc(OC(C)C)c3)C(=O)C(=O)N2c2ccc(F)cc2F)o1. The van der Waals surface area contributed by atoms with E-state index in [1.54, 1.807) is 31.2 Å². The molecule has 1 N–H and O–H groups in total. The molecule has 1 fully saturated rings. The summed E-state index contributed by atoms with van der Waals surface area (Å²) in [6.45, 7) is 5.35. The number of nitrogens with zero attached hydrogens (tertiary/aromatic N) is 1. The molecule has 0 bridgehead atoms. The zero-order chi connectivity index (χ0) is 23.9. The zero-order valence-electron chi connectivity index (χ0n) is 18.1. The first-order valence-electron chi connectivity index (χ1n) is 10.3. The van der Waals surface area contributed by atoms with Crippen molar-refractivity contribution in [1.82, 2.24) is 0 Å². The number of rotatable bonds is 5. The van der Waals surface area contributed by atoms with Gasteiger partial charge in [-0.1, -0.05) is 12.1 Å². The lowest BCUT2D eigenvalue weighted by Crippen LogP contribution is -2.30. The average molecular weight is 453 g/mol. The summed E-state index contributed by atoms with van der Waals surface area (Å²) in [6, 6.07) is 11.0. The summed E-state index contributed by atoms with van der Waals surface area (Å²) in [6.07, 6.45) is -0.125. The van der Waals surface area contributed by atoms with Crippen LogP contribution in [-0.2, 0) is 9.59 Å². The van der Waals surface area contributed by atoms with Crippen molar-refractivity contribution in [2.24, 2.45) is 0 Å². The first-order valence-corrected chi connectivity index (χ1v) is 10.3. The minimum absolute atomic E-state index is 0.125. The van der Waals surface area contributed by atoms with Crippen LogP contribution in [0.4, 0.5) is 14.5 Å². The second kappa shape index (κ2) is 8.54. The number of ether oxygens (including phenoxy) is 1. The third kappa shape index (κ3) is 4.11. The van der Waals surface area contributed by atoms with Gasteiger partial charge in [-0.3, -0.25) is 14.5 Å². The first kappa shape index (κ1) is 22.3. The van der Waals surface area contributed by atoms with Crippen LogP contribution in [0.5, 0.6) is 5.75 Å². The number of carbonyl (C=O) groups is 2. The fourth-order valence-corrected chi connectivity index (χ4v) is 3.77. The van der Waals surface area contributed by atoms with E-state index in [0.717, 1.165) is 17.0 Å². The summed E-state index contributed by atoms with van der Waals surface area (Å²) in [7, 11) is 0. The van der Waals surface area contributed by atoms with Gasteiger partial charge in [0.05, 0.1) is 17.4 Å². The fraction of sp³-hybridized carbons (Fsp3) is 0.200. The molecule has 2 heterocycles. The van der Waals surface area contributed by atoms with E-state index in [0.29, 0.717) is 17.6 Å². The van der Waals surface area contributed by atoms with Crippen molar-refractivity contribution in [3.05, 3.63) is 88.9 Å². The highest BCUT2D eigenvalue weighted by Crippen LogP contribution is 2.43. The Balaban J connectivity index is 1.91. The topological polar surface area (TPSA) is 80.0 Å². The van der Waals surface area contributed by atoms with E-state index in [1.807, 2.05) is 13.8 Å². The number of carbonyl (C=O) groups excluding carboxylic acids is 2. The molecular formula is C25H21F2NO5. The van der Waals surface area contributed by atoms with Crippen molar-refractivity contribution in [3.8, 4) is 5.75 Å². The van der Waals surface area contributed by atoms with Gasteiger partial charge in [0, 0.05) is 11.6 Å². The Morgan fingerprint density at radius 1 is 1.09 bits per heavy atom. The van der Waals surface area contributed by atoms with E-state index in [9.17, 15) is 23.5 Å². The van der Waals surface area contributed by atoms with Crippen LogP contribution in [0.15, 0.2) is 64.6 Å². The predicted octanol–water partition coefficient (Wildman–Crippen LogP) is 5.28. The fourth-order valence-electron chi connectivity index (χ4n) is 3.77. The molecule has 1 aromatic heterocycles.